The van der Waals surface area contributed by atoms with E-state index in [-0.39, 0.29) is 6.42 Å². The third-order valence-corrected chi connectivity index (χ3v) is 2.30. The summed E-state index contributed by atoms with van der Waals surface area (Å²) >= 11 is 0. The van der Waals surface area contributed by atoms with Crippen LogP contribution in [0.3, 0.4) is 0 Å². The number of aryl methyl sites for hydroxylation is 1. The van der Waals surface area contributed by atoms with Gasteiger partial charge in [0.25, 0.3) is 0 Å². The summed E-state index contributed by atoms with van der Waals surface area (Å²) < 4.78 is 5.37. The first kappa shape index (κ1) is 12.9. The van der Waals surface area contributed by atoms with Gasteiger partial charge >= 0.3 is 5.97 Å². The topological polar surface area (TPSA) is 100 Å². The number of rotatable bonds is 6. The molecule has 0 amide bonds. The number of aliphatic carboxylic acids is 1. The first-order valence-corrected chi connectivity index (χ1v) is 5.74. The minimum atomic E-state index is -0.856. The highest BCUT2D eigenvalue weighted by molar-refractivity contribution is 5.67. The molecule has 0 unspecified atom stereocenters. The van der Waals surface area contributed by atoms with Crippen molar-refractivity contribution in [3.63, 3.8) is 0 Å². The molecule has 0 bridgehead atoms. The molecule has 0 aromatic carbocycles. The van der Waals surface area contributed by atoms with Crippen molar-refractivity contribution in [1.82, 2.24) is 9.97 Å². The summed E-state index contributed by atoms with van der Waals surface area (Å²) in [5.74, 6) is 1.67. The zero-order chi connectivity index (χ0) is 13.7. The van der Waals surface area contributed by atoms with E-state index >= 15 is 0 Å². The van der Waals surface area contributed by atoms with Crippen molar-refractivity contribution >= 4 is 23.5 Å². The van der Waals surface area contributed by atoms with Crippen molar-refractivity contribution in [2.45, 2.75) is 13.3 Å². The van der Waals surface area contributed by atoms with Gasteiger partial charge in [0.1, 0.15) is 23.7 Å². The molecule has 100 valence electrons. The molecule has 7 heteroatoms. The van der Waals surface area contributed by atoms with Gasteiger partial charge in [-0.05, 0) is 13.0 Å². The smallest absolute Gasteiger partial charge is 0.305 e. The second-order valence-electron chi connectivity index (χ2n) is 3.89. The summed E-state index contributed by atoms with van der Waals surface area (Å²) in [4.78, 5) is 18.4. The van der Waals surface area contributed by atoms with Crippen LogP contribution < -0.4 is 10.6 Å². The minimum absolute atomic E-state index is 0.0319. The van der Waals surface area contributed by atoms with Gasteiger partial charge in [0.05, 0.1) is 6.42 Å². The minimum Gasteiger partial charge on any atom is -0.481 e. The first-order valence-electron chi connectivity index (χ1n) is 5.74. The summed E-state index contributed by atoms with van der Waals surface area (Å²) in [7, 11) is 0. The Morgan fingerprint density at radius 2 is 2.16 bits per heavy atom. The normalized spacial score (nSPS) is 10.2. The van der Waals surface area contributed by atoms with E-state index in [1.54, 1.807) is 12.1 Å². The lowest BCUT2D eigenvalue weighted by atomic mass is 10.4. The largest absolute Gasteiger partial charge is 0.481 e. The third kappa shape index (κ3) is 3.98. The lowest BCUT2D eigenvalue weighted by Crippen LogP contribution is -2.09. The van der Waals surface area contributed by atoms with Gasteiger partial charge in [-0.15, -0.1) is 0 Å². The molecule has 0 saturated heterocycles. The molecular formula is C12H14N4O3. The Kier molecular flexibility index (Phi) is 3.97. The number of carbonyl (C=O) groups is 1. The Labute approximate surface area is 109 Å². The van der Waals surface area contributed by atoms with Crippen LogP contribution in [0, 0.1) is 6.92 Å². The molecule has 0 saturated carbocycles. The summed E-state index contributed by atoms with van der Waals surface area (Å²) in [5, 5.41) is 14.4. The summed E-state index contributed by atoms with van der Waals surface area (Å²) in [5.41, 5.74) is 0. The second-order valence-corrected chi connectivity index (χ2v) is 3.89. The molecule has 3 N–H and O–H groups in total. The van der Waals surface area contributed by atoms with E-state index in [1.807, 2.05) is 13.0 Å². The highest BCUT2D eigenvalue weighted by Gasteiger charge is 2.03. The molecule has 19 heavy (non-hydrogen) atoms. The van der Waals surface area contributed by atoms with E-state index in [0.29, 0.717) is 24.1 Å². The number of anilines is 3. The number of nitrogens with one attached hydrogen (secondary N) is 2. The van der Waals surface area contributed by atoms with Crippen molar-refractivity contribution in [2.75, 3.05) is 17.2 Å². The average molecular weight is 262 g/mol. The van der Waals surface area contributed by atoms with E-state index in [2.05, 4.69) is 20.6 Å². The van der Waals surface area contributed by atoms with Gasteiger partial charge in [-0.3, -0.25) is 4.79 Å². The molecule has 2 aromatic heterocycles. The maximum Gasteiger partial charge on any atom is 0.305 e. The van der Waals surface area contributed by atoms with E-state index in [1.165, 1.54) is 6.33 Å². The molecule has 2 rings (SSSR count). The van der Waals surface area contributed by atoms with Crippen LogP contribution in [0.15, 0.2) is 28.9 Å². The molecule has 0 aliphatic carbocycles. The predicted octanol–water partition coefficient (Wildman–Crippen LogP) is 2.01. The summed E-state index contributed by atoms with van der Waals surface area (Å²) in [6.45, 7) is 2.16. The number of furan rings is 1. The maximum absolute atomic E-state index is 10.4. The number of nitrogens with zero attached hydrogens (tertiary/aromatic N) is 2. The number of carboxylic acids is 1. The quantitative estimate of drug-likeness (QED) is 0.732. The Bertz CT molecular complexity index is 568. The first-order chi connectivity index (χ1) is 9.13. The van der Waals surface area contributed by atoms with Crippen LogP contribution in [0.4, 0.5) is 17.5 Å². The van der Waals surface area contributed by atoms with E-state index in [9.17, 15) is 4.79 Å². The fourth-order valence-electron chi connectivity index (χ4n) is 1.45. The zero-order valence-electron chi connectivity index (χ0n) is 10.4. The Morgan fingerprint density at radius 1 is 1.37 bits per heavy atom. The lowest BCUT2D eigenvalue weighted by Gasteiger charge is -2.06. The van der Waals surface area contributed by atoms with Gasteiger partial charge in [0.15, 0.2) is 5.88 Å². The number of hydrogen-bond acceptors (Lipinski definition) is 6. The van der Waals surface area contributed by atoms with E-state index in [0.717, 1.165) is 5.76 Å². The van der Waals surface area contributed by atoms with Gasteiger partial charge in [0.2, 0.25) is 0 Å². The third-order valence-electron chi connectivity index (χ3n) is 2.30. The van der Waals surface area contributed by atoms with Crippen LogP contribution in [-0.4, -0.2) is 27.6 Å². The van der Waals surface area contributed by atoms with Crippen LogP contribution in [0.1, 0.15) is 12.2 Å². The number of aromatic nitrogens is 2. The summed E-state index contributed by atoms with van der Waals surface area (Å²) in [6, 6.07) is 5.32. The van der Waals surface area contributed by atoms with E-state index in [4.69, 9.17) is 9.52 Å². The van der Waals surface area contributed by atoms with Crippen molar-refractivity contribution in [3.8, 4) is 0 Å². The monoisotopic (exact) mass is 262 g/mol. The molecule has 0 atom stereocenters. The second kappa shape index (κ2) is 5.85. The van der Waals surface area contributed by atoms with Crippen molar-refractivity contribution in [2.24, 2.45) is 0 Å². The Hall–Kier alpha value is -2.57. The van der Waals surface area contributed by atoms with Gasteiger partial charge in [-0.2, -0.15) is 0 Å². The molecular weight excluding hydrogens is 248 g/mol. The lowest BCUT2D eigenvalue weighted by molar-refractivity contribution is -0.136. The van der Waals surface area contributed by atoms with Crippen molar-refractivity contribution < 1.29 is 14.3 Å². The van der Waals surface area contributed by atoms with Gasteiger partial charge in [-0.25, -0.2) is 9.97 Å². The fourth-order valence-corrected chi connectivity index (χ4v) is 1.45. The van der Waals surface area contributed by atoms with Gasteiger partial charge in [-0.1, -0.05) is 0 Å². The highest BCUT2D eigenvalue weighted by atomic mass is 16.4. The van der Waals surface area contributed by atoms with Crippen LogP contribution in [0.25, 0.3) is 0 Å². The standard InChI is InChI=1S/C12H14N4O3/c1-8-2-3-11(19-8)16-10-6-9(14-7-15-10)13-5-4-12(17)18/h2-3,6-7H,4-5H2,1H3,(H,17,18)(H2,13,14,15,16). The van der Waals surface area contributed by atoms with Crippen LogP contribution in [-0.2, 0) is 4.79 Å². The van der Waals surface area contributed by atoms with Crippen molar-refractivity contribution in [3.05, 3.63) is 30.3 Å². The summed E-state index contributed by atoms with van der Waals surface area (Å²) in [6.07, 6.45) is 1.42. The number of hydrogen-bond donors (Lipinski definition) is 3. The van der Waals surface area contributed by atoms with Gasteiger partial charge < -0.3 is 20.2 Å². The van der Waals surface area contributed by atoms with Gasteiger partial charge in [0, 0.05) is 18.7 Å². The Balaban J connectivity index is 1.96. The molecule has 0 radical (unpaired) electrons. The van der Waals surface area contributed by atoms with Crippen LogP contribution >= 0.6 is 0 Å². The van der Waals surface area contributed by atoms with Crippen molar-refractivity contribution in [1.29, 1.82) is 0 Å². The predicted molar refractivity (Wildman–Crippen MR) is 69.5 cm³/mol. The number of carboxylic acid groups (broad SMARTS) is 1. The molecule has 7 nitrogen and oxygen atoms in total. The van der Waals surface area contributed by atoms with Crippen LogP contribution in [0.2, 0.25) is 0 Å². The molecule has 0 aliphatic rings. The molecule has 2 heterocycles. The SMILES string of the molecule is Cc1ccc(Nc2cc(NCCC(=O)O)ncn2)o1. The molecule has 0 aliphatic heterocycles. The fraction of sp³-hybridized carbons (Fsp3) is 0.250. The highest BCUT2D eigenvalue weighted by Crippen LogP contribution is 2.18. The Morgan fingerprint density at radius 3 is 2.84 bits per heavy atom. The molecule has 2 aromatic rings. The molecule has 0 spiro atoms. The zero-order valence-corrected chi connectivity index (χ0v) is 10.4. The van der Waals surface area contributed by atoms with Crippen LogP contribution in [0.5, 0.6) is 0 Å². The molecule has 0 fully saturated rings. The van der Waals surface area contributed by atoms with E-state index < -0.39 is 5.97 Å². The average Bonchev–Trinajstić information content (AvgIpc) is 2.75. The maximum atomic E-state index is 10.4.